The summed E-state index contributed by atoms with van der Waals surface area (Å²) in [7, 11) is 0. The van der Waals surface area contributed by atoms with Gasteiger partial charge in [-0.1, -0.05) is 26.8 Å². The summed E-state index contributed by atoms with van der Waals surface area (Å²) in [5, 5.41) is 8.02. The smallest absolute Gasteiger partial charge is 0.315 e. The lowest BCUT2D eigenvalue weighted by atomic mass is 9.82. The summed E-state index contributed by atoms with van der Waals surface area (Å²) >= 11 is 1.72. The molecule has 0 fully saturated rings. The quantitative estimate of drug-likeness (QED) is 0.847. The number of hydrogen-bond donors (Lipinski definition) is 2. The molecule has 2 N–H and O–H groups in total. The zero-order valence-corrected chi connectivity index (χ0v) is 13.5. The third kappa shape index (κ3) is 7.21. The number of rotatable bonds is 5. The van der Waals surface area contributed by atoms with Gasteiger partial charge in [-0.25, -0.2) is 4.79 Å². The van der Waals surface area contributed by atoms with Crippen LogP contribution in [0.4, 0.5) is 4.79 Å². The van der Waals surface area contributed by atoms with Crippen LogP contribution in [0, 0.1) is 5.41 Å². The van der Waals surface area contributed by atoms with Crippen molar-refractivity contribution in [3.8, 4) is 0 Å². The van der Waals surface area contributed by atoms with Crippen LogP contribution in [0.5, 0.6) is 0 Å². The van der Waals surface area contributed by atoms with Gasteiger partial charge in [-0.2, -0.15) is 0 Å². The van der Waals surface area contributed by atoms with Crippen molar-refractivity contribution in [1.29, 1.82) is 0 Å². The molecule has 0 radical (unpaired) electrons. The highest BCUT2D eigenvalue weighted by molar-refractivity contribution is 7.09. The Labute approximate surface area is 120 Å². The summed E-state index contributed by atoms with van der Waals surface area (Å²) in [4.78, 5) is 13.2. The first kappa shape index (κ1) is 16.0. The van der Waals surface area contributed by atoms with E-state index in [1.54, 1.807) is 11.3 Å². The van der Waals surface area contributed by atoms with Crippen LogP contribution in [0.2, 0.25) is 0 Å². The first-order valence-corrected chi connectivity index (χ1v) is 7.64. The van der Waals surface area contributed by atoms with Gasteiger partial charge in [0.2, 0.25) is 0 Å². The highest BCUT2D eigenvalue weighted by atomic mass is 32.1. The van der Waals surface area contributed by atoms with E-state index in [0.29, 0.717) is 6.54 Å². The average Bonchev–Trinajstić information content (AvgIpc) is 2.64. The van der Waals surface area contributed by atoms with Crippen molar-refractivity contribution in [1.82, 2.24) is 10.6 Å². The maximum atomic E-state index is 11.9. The Morgan fingerprint density at radius 3 is 2.47 bits per heavy atom. The van der Waals surface area contributed by atoms with E-state index in [2.05, 4.69) is 56.7 Å². The van der Waals surface area contributed by atoms with Gasteiger partial charge in [-0.05, 0) is 43.6 Å². The van der Waals surface area contributed by atoms with Crippen molar-refractivity contribution in [2.75, 3.05) is 6.54 Å². The average molecular weight is 282 g/mol. The van der Waals surface area contributed by atoms with Gasteiger partial charge in [0.15, 0.2) is 0 Å². The lowest BCUT2D eigenvalue weighted by Gasteiger charge is -2.33. The van der Waals surface area contributed by atoms with Gasteiger partial charge < -0.3 is 10.6 Å². The third-order valence-electron chi connectivity index (χ3n) is 2.66. The molecule has 4 heteroatoms. The van der Waals surface area contributed by atoms with Crippen LogP contribution in [0.25, 0.3) is 0 Å². The maximum Gasteiger partial charge on any atom is 0.315 e. The van der Waals surface area contributed by atoms with Gasteiger partial charge in [0.1, 0.15) is 0 Å². The third-order valence-corrected chi connectivity index (χ3v) is 3.60. The number of carbonyl (C=O) groups is 1. The highest BCUT2D eigenvalue weighted by Gasteiger charge is 2.26. The Kier molecular flexibility index (Phi) is 5.41. The van der Waals surface area contributed by atoms with E-state index in [-0.39, 0.29) is 17.0 Å². The predicted molar refractivity (Wildman–Crippen MR) is 82.7 cm³/mol. The van der Waals surface area contributed by atoms with E-state index < -0.39 is 0 Å². The fourth-order valence-corrected chi connectivity index (χ4v) is 3.18. The molecule has 0 aliphatic carbocycles. The second-order valence-corrected chi connectivity index (χ2v) is 7.86. The van der Waals surface area contributed by atoms with E-state index in [9.17, 15) is 4.79 Å². The number of carbonyl (C=O) groups excluding carboxylic acids is 1. The van der Waals surface area contributed by atoms with E-state index in [0.717, 1.165) is 12.8 Å². The molecule has 1 aromatic heterocycles. The zero-order chi connectivity index (χ0) is 14.5. The first-order valence-electron chi connectivity index (χ1n) is 6.76. The lowest BCUT2D eigenvalue weighted by molar-refractivity contribution is 0.210. The molecule has 1 rings (SSSR count). The molecule has 0 aromatic carbocycles. The zero-order valence-electron chi connectivity index (χ0n) is 12.7. The van der Waals surface area contributed by atoms with Crippen molar-refractivity contribution in [3.05, 3.63) is 22.4 Å². The number of hydrogen-bond acceptors (Lipinski definition) is 2. The summed E-state index contributed by atoms with van der Waals surface area (Å²) in [6, 6.07) is 4.05. The normalized spacial score (nSPS) is 12.3. The molecule has 0 saturated heterocycles. The minimum absolute atomic E-state index is 0.0780. The molecule has 19 heavy (non-hydrogen) atoms. The van der Waals surface area contributed by atoms with E-state index >= 15 is 0 Å². The van der Waals surface area contributed by atoms with Crippen molar-refractivity contribution in [2.24, 2.45) is 5.41 Å². The molecule has 0 bridgehead atoms. The molecule has 0 unspecified atom stereocenters. The molecule has 0 saturated carbocycles. The van der Waals surface area contributed by atoms with Gasteiger partial charge in [0, 0.05) is 17.0 Å². The molecule has 0 aliphatic heterocycles. The minimum Gasteiger partial charge on any atom is -0.338 e. The summed E-state index contributed by atoms with van der Waals surface area (Å²) in [6.07, 6.45) is 1.84. The van der Waals surface area contributed by atoms with Crippen LogP contribution < -0.4 is 10.6 Å². The molecule has 0 aliphatic rings. The van der Waals surface area contributed by atoms with Crippen LogP contribution in [0.15, 0.2) is 17.5 Å². The molecule has 2 amide bonds. The van der Waals surface area contributed by atoms with Gasteiger partial charge in [-0.15, -0.1) is 11.3 Å². The van der Waals surface area contributed by atoms with Crippen LogP contribution in [0.3, 0.4) is 0 Å². The van der Waals surface area contributed by atoms with E-state index in [1.807, 2.05) is 6.07 Å². The second-order valence-electron chi connectivity index (χ2n) is 6.83. The lowest BCUT2D eigenvalue weighted by Crippen LogP contribution is -2.50. The molecule has 0 atom stereocenters. The summed E-state index contributed by atoms with van der Waals surface area (Å²) in [6.45, 7) is 11.4. The largest absolute Gasteiger partial charge is 0.338 e. The SMILES string of the molecule is CC(C)(C)CC(C)(C)NC(=O)NCCc1cccs1. The minimum atomic E-state index is -0.189. The number of thiophene rings is 1. The second kappa shape index (κ2) is 6.42. The van der Waals surface area contributed by atoms with Crippen molar-refractivity contribution < 1.29 is 4.79 Å². The molecular formula is C15H26N2OS. The van der Waals surface area contributed by atoms with Crippen LogP contribution in [-0.2, 0) is 6.42 Å². The molecule has 1 aromatic rings. The Bertz CT molecular complexity index is 391. The van der Waals surface area contributed by atoms with Crippen molar-refractivity contribution >= 4 is 17.4 Å². The van der Waals surface area contributed by atoms with E-state index in [4.69, 9.17) is 0 Å². The number of urea groups is 1. The molecule has 3 nitrogen and oxygen atoms in total. The predicted octanol–water partition coefficient (Wildman–Crippen LogP) is 3.80. The summed E-state index contributed by atoms with van der Waals surface area (Å²) in [5.41, 5.74) is 0.0129. The topological polar surface area (TPSA) is 41.1 Å². The first-order chi connectivity index (χ1) is 8.68. The van der Waals surface area contributed by atoms with E-state index in [1.165, 1.54) is 4.88 Å². The Morgan fingerprint density at radius 2 is 1.95 bits per heavy atom. The van der Waals surface area contributed by atoms with Gasteiger partial charge in [0.05, 0.1) is 0 Å². The maximum absolute atomic E-state index is 11.9. The van der Waals surface area contributed by atoms with Crippen LogP contribution in [0.1, 0.15) is 45.9 Å². The van der Waals surface area contributed by atoms with Gasteiger partial charge in [-0.3, -0.25) is 0 Å². The molecule has 1 heterocycles. The molecule has 0 spiro atoms. The summed E-state index contributed by atoms with van der Waals surface area (Å²) in [5.74, 6) is 0. The molecule has 108 valence electrons. The van der Waals surface area contributed by atoms with Crippen molar-refractivity contribution in [3.63, 3.8) is 0 Å². The van der Waals surface area contributed by atoms with Crippen LogP contribution >= 0.6 is 11.3 Å². The van der Waals surface area contributed by atoms with Crippen LogP contribution in [-0.4, -0.2) is 18.1 Å². The Hall–Kier alpha value is -1.03. The van der Waals surface area contributed by atoms with Crippen molar-refractivity contribution in [2.45, 2.75) is 53.0 Å². The number of nitrogens with one attached hydrogen (secondary N) is 2. The van der Waals surface area contributed by atoms with Gasteiger partial charge in [0.25, 0.3) is 0 Å². The highest BCUT2D eigenvalue weighted by Crippen LogP contribution is 2.26. The monoisotopic (exact) mass is 282 g/mol. The van der Waals surface area contributed by atoms with Gasteiger partial charge >= 0.3 is 6.03 Å². The Balaban J connectivity index is 2.30. The summed E-state index contributed by atoms with van der Waals surface area (Å²) < 4.78 is 0. The number of amides is 2. The fourth-order valence-electron chi connectivity index (χ4n) is 2.48. The standard InChI is InChI=1S/C15H26N2OS/c1-14(2,3)11-15(4,5)17-13(18)16-9-8-12-7-6-10-19-12/h6-7,10H,8-9,11H2,1-5H3,(H2,16,17,18). The fraction of sp³-hybridized carbons (Fsp3) is 0.667. The molecular weight excluding hydrogens is 256 g/mol. The Morgan fingerprint density at radius 1 is 1.26 bits per heavy atom.